The molecule has 0 fully saturated rings. The van der Waals surface area contributed by atoms with Crippen LogP contribution in [0, 0.1) is 10.1 Å². The topological polar surface area (TPSA) is 111 Å². The van der Waals surface area contributed by atoms with Crippen molar-refractivity contribution in [1.29, 1.82) is 0 Å². The number of urea groups is 1. The maximum Gasteiger partial charge on any atom is 0.361 e. The SMILES string of the molecule is COC(=O)C(C)(C)ON(Cl)C(=O)Nc1ccc([N+](=O)[O-])cc1. The van der Waals surface area contributed by atoms with E-state index in [4.69, 9.17) is 16.6 Å². The van der Waals surface area contributed by atoms with E-state index in [9.17, 15) is 19.7 Å². The van der Waals surface area contributed by atoms with E-state index in [-0.39, 0.29) is 11.4 Å². The lowest BCUT2D eigenvalue weighted by Gasteiger charge is -2.25. The molecule has 0 spiro atoms. The summed E-state index contributed by atoms with van der Waals surface area (Å²) in [6.45, 7) is 2.74. The largest absolute Gasteiger partial charge is 0.467 e. The summed E-state index contributed by atoms with van der Waals surface area (Å²) >= 11 is 5.63. The first-order chi connectivity index (χ1) is 10.2. The third-order valence-corrected chi connectivity index (χ3v) is 2.70. The van der Waals surface area contributed by atoms with Crippen molar-refractivity contribution in [1.82, 2.24) is 4.58 Å². The highest BCUT2D eigenvalue weighted by Gasteiger charge is 2.34. The van der Waals surface area contributed by atoms with Crippen LogP contribution in [0.4, 0.5) is 16.2 Å². The number of nitrogens with one attached hydrogen (secondary N) is 1. The Balaban J connectivity index is 2.68. The van der Waals surface area contributed by atoms with Crippen LogP contribution < -0.4 is 5.32 Å². The molecule has 0 saturated heterocycles. The van der Waals surface area contributed by atoms with Gasteiger partial charge in [-0.25, -0.2) is 14.4 Å². The second-order valence-corrected chi connectivity index (χ2v) is 4.88. The zero-order valence-electron chi connectivity index (χ0n) is 12.0. The van der Waals surface area contributed by atoms with Crippen LogP contribution in [-0.4, -0.2) is 34.2 Å². The van der Waals surface area contributed by atoms with Gasteiger partial charge in [0, 0.05) is 29.6 Å². The minimum Gasteiger partial charge on any atom is -0.467 e. The van der Waals surface area contributed by atoms with Gasteiger partial charge in [0.25, 0.3) is 5.69 Å². The number of nitro benzene ring substituents is 1. The fourth-order valence-electron chi connectivity index (χ4n) is 1.36. The molecule has 0 heterocycles. The number of amides is 2. The van der Waals surface area contributed by atoms with Crippen LogP contribution in [0.2, 0.25) is 0 Å². The smallest absolute Gasteiger partial charge is 0.361 e. The summed E-state index contributed by atoms with van der Waals surface area (Å²) < 4.78 is 4.82. The Morgan fingerprint density at radius 2 is 1.86 bits per heavy atom. The monoisotopic (exact) mass is 331 g/mol. The molecular formula is C12H14ClN3O6. The van der Waals surface area contributed by atoms with Gasteiger partial charge in [0.05, 0.1) is 12.0 Å². The van der Waals surface area contributed by atoms with Gasteiger partial charge in [0.2, 0.25) is 0 Å². The molecule has 1 aromatic carbocycles. The number of ether oxygens (including phenoxy) is 1. The maximum atomic E-state index is 11.8. The summed E-state index contributed by atoms with van der Waals surface area (Å²) in [6, 6.07) is 4.20. The lowest BCUT2D eigenvalue weighted by Crippen LogP contribution is -2.42. The number of esters is 1. The zero-order valence-corrected chi connectivity index (χ0v) is 12.8. The predicted molar refractivity (Wildman–Crippen MR) is 77.0 cm³/mol. The van der Waals surface area contributed by atoms with E-state index in [1.54, 1.807) is 0 Å². The standard InChI is InChI=1S/C12H14ClN3O6/c1-12(2,10(17)21-3)22-15(13)11(18)14-8-4-6-9(7-5-8)16(19)20/h4-7H,1-3H3,(H,14,18). The molecule has 0 aliphatic heterocycles. The summed E-state index contributed by atoms with van der Waals surface area (Å²) in [7, 11) is 1.17. The number of rotatable bonds is 5. The van der Waals surface area contributed by atoms with E-state index >= 15 is 0 Å². The number of nitro groups is 1. The minimum atomic E-state index is -1.47. The molecule has 0 radical (unpaired) electrons. The van der Waals surface area contributed by atoms with Crippen LogP contribution in [0.25, 0.3) is 0 Å². The molecule has 9 nitrogen and oxygen atoms in total. The van der Waals surface area contributed by atoms with Crippen LogP contribution in [0.1, 0.15) is 13.8 Å². The first-order valence-corrected chi connectivity index (χ1v) is 6.30. The highest BCUT2D eigenvalue weighted by atomic mass is 35.5. The lowest BCUT2D eigenvalue weighted by molar-refractivity contribution is -0.384. The molecular weight excluding hydrogens is 318 g/mol. The summed E-state index contributed by atoms with van der Waals surface area (Å²) in [5.74, 6) is -0.721. The number of halogens is 1. The lowest BCUT2D eigenvalue weighted by atomic mass is 10.1. The molecule has 10 heteroatoms. The number of hydrogen-bond acceptors (Lipinski definition) is 6. The van der Waals surface area contributed by atoms with Crippen LogP contribution in [0.5, 0.6) is 0 Å². The third kappa shape index (κ3) is 4.57. The summed E-state index contributed by atoms with van der Waals surface area (Å²) in [5.41, 5.74) is -1.33. The number of carbonyl (C=O) groups is 2. The van der Waals surface area contributed by atoms with Crippen molar-refractivity contribution in [3.63, 3.8) is 0 Å². The average molecular weight is 332 g/mol. The van der Waals surface area contributed by atoms with Gasteiger partial charge in [-0.15, -0.1) is 4.58 Å². The van der Waals surface area contributed by atoms with Crippen LogP contribution >= 0.6 is 11.8 Å². The second kappa shape index (κ2) is 7.05. The first-order valence-electron chi connectivity index (χ1n) is 5.96. The van der Waals surface area contributed by atoms with E-state index in [0.717, 1.165) is 0 Å². The molecule has 0 bridgehead atoms. The van der Waals surface area contributed by atoms with Gasteiger partial charge in [-0.3, -0.25) is 10.1 Å². The van der Waals surface area contributed by atoms with Gasteiger partial charge in [0.15, 0.2) is 5.60 Å². The Morgan fingerprint density at radius 1 is 1.32 bits per heavy atom. The molecule has 0 aliphatic carbocycles. The highest BCUT2D eigenvalue weighted by Crippen LogP contribution is 2.19. The third-order valence-electron chi connectivity index (χ3n) is 2.47. The second-order valence-electron chi connectivity index (χ2n) is 4.57. The van der Waals surface area contributed by atoms with Crippen molar-refractivity contribution in [2.75, 3.05) is 12.4 Å². The van der Waals surface area contributed by atoms with E-state index < -0.39 is 22.5 Å². The van der Waals surface area contributed by atoms with Crippen molar-refractivity contribution in [3.05, 3.63) is 34.4 Å². The molecule has 22 heavy (non-hydrogen) atoms. The number of carbonyl (C=O) groups excluding carboxylic acids is 2. The molecule has 0 unspecified atom stereocenters. The first kappa shape index (κ1) is 17.7. The van der Waals surface area contributed by atoms with Gasteiger partial charge < -0.3 is 10.1 Å². The van der Waals surface area contributed by atoms with E-state index in [0.29, 0.717) is 4.58 Å². The molecule has 2 amide bonds. The van der Waals surface area contributed by atoms with Gasteiger partial charge in [-0.1, -0.05) is 0 Å². The van der Waals surface area contributed by atoms with Crippen LogP contribution in [0.15, 0.2) is 24.3 Å². The normalized spacial score (nSPS) is 10.7. The van der Waals surface area contributed by atoms with Gasteiger partial charge in [0.1, 0.15) is 0 Å². The number of hydrogen-bond donors (Lipinski definition) is 1. The van der Waals surface area contributed by atoms with Crippen molar-refractivity contribution in [2.45, 2.75) is 19.4 Å². The van der Waals surface area contributed by atoms with E-state index in [1.807, 2.05) is 0 Å². The Morgan fingerprint density at radius 3 is 2.32 bits per heavy atom. The van der Waals surface area contributed by atoms with Crippen LogP contribution in [-0.2, 0) is 14.4 Å². The summed E-state index contributed by atoms with van der Waals surface area (Å²) in [4.78, 5) is 38.2. The Hall–Kier alpha value is -2.39. The van der Waals surface area contributed by atoms with Crippen molar-refractivity contribution >= 4 is 35.2 Å². The maximum absolute atomic E-state index is 11.8. The molecule has 0 atom stereocenters. The zero-order chi connectivity index (χ0) is 16.9. The van der Waals surface area contributed by atoms with E-state index in [2.05, 4.69) is 10.1 Å². The molecule has 0 saturated carbocycles. The van der Waals surface area contributed by atoms with Crippen molar-refractivity contribution < 1.29 is 24.1 Å². The predicted octanol–water partition coefficient (Wildman–Crippen LogP) is 2.47. The summed E-state index contributed by atoms with van der Waals surface area (Å²) in [5, 5.41) is 12.9. The Bertz CT molecular complexity index is 575. The molecule has 0 aliphatic rings. The number of non-ortho nitro benzene ring substituents is 1. The molecule has 1 aromatic rings. The van der Waals surface area contributed by atoms with Gasteiger partial charge in [-0.2, -0.15) is 0 Å². The van der Waals surface area contributed by atoms with Gasteiger partial charge >= 0.3 is 12.0 Å². The fraction of sp³-hybridized carbons (Fsp3) is 0.333. The molecule has 0 aromatic heterocycles. The van der Waals surface area contributed by atoms with Crippen LogP contribution in [0.3, 0.4) is 0 Å². The molecule has 1 N–H and O–H groups in total. The number of benzene rings is 1. The molecule has 120 valence electrons. The Kier molecular flexibility index (Phi) is 5.66. The summed E-state index contributed by atoms with van der Waals surface area (Å²) in [6.07, 6.45) is 0. The van der Waals surface area contributed by atoms with Gasteiger partial charge in [-0.05, 0) is 26.0 Å². The van der Waals surface area contributed by atoms with Crippen molar-refractivity contribution in [2.24, 2.45) is 0 Å². The number of hydroxylamine groups is 1. The minimum absolute atomic E-state index is 0.121. The number of anilines is 1. The quantitative estimate of drug-likeness (QED) is 0.384. The number of nitrogens with zero attached hydrogens (tertiary/aromatic N) is 2. The average Bonchev–Trinajstić information content (AvgIpc) is 2.46. The van der Waals surface area contributed by atoms with E-state index in [1.165, 1.54) is 45.2 Å². The Labute approximate surface area is 131 Å². The number of methoxy groups -OCH3 is 1. The van der Waals surface area contributed by atoms with Crippen molar-refractivity contribution in [3.8, 4) is 0 Å². The molecule has 1 rings (SSSR count). The highest BCUT2D eigenvalue weighted by molar-refractivity contribution is 6.21. The fourth-order valence-corrected chi connectivity index (χ4v) is 1.57.